The van der Waals surface area contributed by atoms with Crippen LogP contribution in [0, 0.1) is 0 Å². The van der Waals surface area contributed by atoms with Gasteiger partial charge in [-0.25, -0.2) is 13.4 Å². The van der Waals surface area contributed by atoms with Crippen LogP contribution < -0.4 is 5.32 Å². The highest BCUT2D eigenvalue weighted by atomic mass is 32.2. The Morgan fingerprint density at radius 3 is 2.79 bits per heavy atom. The van der Waals surface area contributed by atoms with Gasteiger partial charge in [0.1, 0.15) is 0 Å². The molecular formula is C19H17N3O3S3. The van der Waals surface area contributed by atoms with Crippen LogP contribution in [-0.4, -0.2) is 30.2 Å². The van der Waals surface area contributed by atoms with Gasteiger partial charge >= 0.3 is 0 Å². The molecule has 3 aromatic rings. The largest absolute Gasteiger partial charge is 0.298 e. The first-order valence-electron chi connectivity index (χ1n) is 8.57. The summed E-state index contributed by atoms with van der Waals surface area (Å²) in [6.07, 6.45) is 2.13. The Hall–Kier alpha value is -2.33. The van der Waals surface area contributed by atoms with E-state index in [1.54, 1.807) is 17.5 Å². The van der Waals surface area contributed by atoms with Gasteiger partial charge in [0.05, 0.1) is 17.8 Å². The van der Waals surface area contributed by atoms with Crippen LogP contribution >= 0.6 is 22.7 Å². The Kier molecular flexibility index (Phi) is 5.40. The number of amides is 1. The van der Waals surface area contributed by atoms with Gasteiger partial charge in [0.25, 0.3) is 5.91 Å². The van der Waals surface area contributed by atoms with E-state index in [-0.39, 0.29) is 12.5 Å². The average Bonchev–Trinajstić information content (AvgIpc) is 3.36. The maximum atomic E-state index is 12.7. The van der Waals surface area contributed by atoms with Crippen LogP contribution in [0.5, 0.6) is 0 Å². The van der Waals surface area contributed by atoms with E-state index in [1.165, 1.54) is 32.4 Å². The number of carbonyl (C=O) groups excluding carboxylic acids is 1. The number of nitrogens with zero attached hydrogens (tertiary/aromatic N) is 2. The maximum Gasteiger partial charge on any atom is 0.258 e. The van der Waals surface area contributed by atoms with Crippen molar-refractivity contribution in [3.8, 4) is 0 Å². The van der Waals surface area contributed by atoms with Crippen LogP contribution in [0.2, 0.25) is 0 Å². The van der Waals surface area contributed by atoms with Gasteiger partial charge in [-0.3, -0.25) is 10.1 Å². The standard InChI is InChI=1S/C19H17N3O3S3/c23-18(15-7-10-26-13-15)21-19-20-16-6-9-22(12-17(16)27-19)28(24,25)11-8-14-4-2-1-3-5-14/h1-5,7-8,10-11,13H,6,9,12H2,(H,20,21,23)/b11-8+. The first-order chi connectivity index (χ1) is 13.5. The van der Waals surface area contributed by atoms with Crippen molar-refractivity contribution in [2.45, 2.75) is 13.0 Å². The van der Waals surface area contributed by atoms with Crippen molar-refractivity contribution >= 4 is 49.8 Å². The van der Waals surface area contributed by atoms with Crippen LogP contribution in [0.25, 0.3) is 6.08 Å². The summed E-state index contributed by atoms with van der Waals surface area (Å²) in [4.78, 5) is 17.5. The molecule has 0 spiro atoms. The van der Waals surface area contributed by atoms with E-state index in [9.17, 15) is 13.2 Å². The second-order valence-electron chi connectivity index (χ2n) is 6.20. The Bertz CT molecular complexity index is 1100. The van der Waals surface area contributed by atoms with Crippen molar-refractivity contribution in [3.63, 3.8) is 0 Å². The molecule has 3 heterocycles. The summed E-state index contributed by atoms with van der Waals surface area (Å²) in [5, 5.41) is 8.15. The number of hydrogen-bond acceptors (Lipinski definition) is 6. The highest BCUT2D eigenvalue weighted by Gasteiger charge is 2.28. The number of fused-ring (bicyclic) bond motifs is 1. The highest BCUT2D eigenvalue weighted by molar-refractivity contribution is 7.92. The molecule has 1 aliphatic heterocycles. The summed E-state index contributed by atoms with van der Waals surface area (Å²) in [7, 11) is -3.53. The Morgan fingerprint density at radius 2 is 2.04 bits per heavy atom. The van der Waals surface area contributed by atoms with E-state index in [1.807, 2.05) is 35.7 Å². The summed E-state index contributed by atoms with van der Waals surface area (Å²) in [6, 6.07) is 11.1. The molecule has 0 saturated heterocycles. The summed E-state index contributed by atoms with van der Waals surface area (Å²) in [6.45, 7) is 0.638. The van der Waals surface area contributed by atoms with E-state index in [4.69, 9.17) is 0 Å². The molecular weight excluding hydrogens is 414 g/mol. The first-order valence-corrected chi connectivity index (χ1v) is 11.8. The number of benzene rings is 1. The number of sulfonamides is 1. The number of thiophene rings is 1. The SMILES string of the molecule is O=C(Nc1nc2c(s1)CN(S(=O)(=O)/C=C/c1ccccc1)CC2)c1ccsc1. The molecule has 0 unspecified atom stereocenters. The summed E-state index contributed by atoms with van der Waals surface area (Å²) in [5.41, 5.74) is 2.28. The normalized spacial score (nSPS) is 14.9. The molecule has 6 nitrogen and oxygen atoms in total. The molecule has 4 rings (SSSR count). The van der Waals surface area contributed by atoms with Crippen molar-refractivity contribution in [1.29, 1.82) is 0 Å². The van der Waals surface area contributed by atoms with Crippen molar-refractivity contribution < 1.29 is 13.2 Å². The van der Waals surface area contributed by atoms with Gasteiger partial charge < -0.3 is 0 Å². The van der Waals surface area contributed by atoms with Crippen LogP contribution in [0.15, 0.2) is 52.6 Å². The topological polar surface area (TPSA) is 79.4 Å². The van der Waals surface area contributed by atoms with E-state index in [0.29, 0.717) is 23.7 Å². The van der Waals surface area contributed by atoms with E-state index in [0.717, 1.165) is 16.1 Å². The second-order valence-corrected chi connectivity index (χ2v) is 9.88. The second kappa shape index (κ2) is 7.96. The van der Waals surface area contributed by atoms with Crippen LogP contribution in [0.3, 0.4) is 0 Å². The van der Waals surface area contributed by atoms with Gasteiger partial charge in [-0.1, -0.05) is 30.3 Å². The molecule has 1 amide bonds. The van der Waals surface area contributed by atoms with Gasteiger partial charge in [0.15, 0.2) is 5.13 Å². The number of aromatic nitrogens is 1. The summed E-state index contributed by atoms with van der Waals surface area (Å²) in [5.74, 6) is -0.206. The maximum absolute atomic E-state index is 12.7. The number of rotatable bonds is 5. The minimum Gasteiger partial charge on any atom is -0.298 e. The van der Waals surface area contributed by atoms with E-state index >= 15 is 0 Å². The van der Waals surface area contributed by atoms with E-state index in [2.05, 4.69) is 10.3 Å². The zero-order chi connectivity index (χ0) is 19.6. The molecule has 0 radical (unpaired) electrons. The lowest BCUT2D eigenvalue weighted by Crippen LogP contribution is -2.34. The number of nitrogens with one attached hydrogen (secondary N) is 1. The number of hydrogen-bond donors (Lipinski definition) is 1. The van der Waals surface area contributed by atoms with Crippen molar-refractivity contribution in [1.82, 2.24) is 9.29 Å². The smallest absolute Gasteiger partial charge is 0.258 e. The molecule has 1 aliphatic rings. The van der Waals surface area contributed by atoms with E-state index < -0.39 is 10.0 Å². The fourth-order valence-electron chi connectivity index (χ4n) is 2.82. The zero-order valence-electron chi connectivity index (χ0n) is 14.7. The minimum absolute atomic E-state index is 0.206. The van der Waals surface area contributed by atoms with Crippen molar-refractivity contribution in [2.75, 3.05) is 11.9 Å². The third-order valence-corrected chi connectivity index (χ3v) is 7.48. The number of carbonyl (C=O) groups is 1. The third-order valence-electron chi connectivity index (χ3n) is 4.29. The Balaban J connectivity index is 1.46. The minimum atomic E-state index is -3.53. The lowest BCUT2D eigenvalue weighted by molar-refractivity contribution is 0.102. The first kappa shape index (κ1) is 19.0. The van der Waals surface area contributed by atoms with Gasteiger partial charge in [-0.2, -0.15) is 15.6 Å². The van der Waals surface area contributed by atoms with Crippen molar-refractivity contribution in [2.24, 2.45) is 0 Å². The zero-order valence-corrected chi connectivity index (χ0v) is 17.2. The fraction of sp³-hybridized carbons (Fsp3) is 0.158. The summed E-state index contributed by atoms with van der Waals surface area (Å²) >= 11 is 2.78. The number of anilines is 1. The predicted molar refractivity (Wildman–Crippen MR) is 113 cm³/mol. The molecule has 2 aromatic heterocycles. The van der Waals surface area contributed by atoms with Gasteiger partial charge in [0.2, 0.25) is 10.0 Å². The molecule has 9 heteroatoms. The van der Waals surface area contributed by atoms with Crippen LogP contribution in [-0.2, 0) is 23.0 Å². The molecule has 1 N–H and O–H groups in total. The Morgan fingerprint density at radius 1 is 1.21 bits per heavy atom. The molecule has 1 aromatic carbocycles. The Labute approximate surface area is 171 Å². The molecule has 0 atom stereocenters. The number of thiazole rings is 1. The quantitative estimate of drug-likeness (QED) is 0.666. The lowest BCUT2D eigenvalue weighted by atomic mass is 10.2. The molecule has 0 fully saturated rings. The van der Waals surface area contributed by atoms with Gasteiger partial charge in [-0.15, -0.1) is 11.3 Å². The van der Waals surface area contributed by atoms with Crippen LogP contribution in [0.1, 0.15) is 26.5 Å². The van der Waals surface area contributed by atoms with Gasteiger partial charge in [-0.05, 0) is 23.1 Å². The predicted octanol–water partition coefficient (Wildman–Crippen LogP) is 3.82. The van der Waals surface area contributed by atoms with Crippen LogP contribution in [0.4, 0.5) is 5.13 Å². The van der Waals surface area contributed by atoms with Gasteiger partial charge in [0, 0.05) is 28.6 Å². The summed E-state index contributed by atoms with van der Waals surface area (Å²) < 4.78 is 26.8. The molecule has 0 bridgehead atoms. The van der Waals surface area contributed by atoms with Crippen molar-refractivity contribution in [3.05, 3.63) is 74.3 Å². The molecule has 144 valence electrons. The average molecular weight is 432 g/mol. The monoisotopic (exact) mass is 431 g/mol. The molecule has 0 aliphatic carbocycles. The molecule has 0 saturated carbocycles. The fourth-order valence-corrected chi connectivity index (χ4v) is 5.71. The third kappa shape index (κ3) is 4.22. The lowest BCUT2D eigenvalue weighted by Gasteiger charge is -2.23. The molecule has 28 heavy (non-hydrogen) atoms. The highest BCUT2D eigenvalue weighted by Crippen LogP contribution is 2.30.